The molecule has 8 heteroatoms. The Balaban J connectivity index is 2.04. The zero-order valence-electron chi connectivity index (χ0n) is 13.8. The van der Waals surface area contributed by atoms with Crippen LogP contribution in [0.2, 0.25) is 5.02 Å². The van der Waals surface area contributed by atoms with Crippen molar-refractivity contribution in [1.82, 2.24) is 15.3 Å². The maximum Gasteiger partial charge on any atom is 0.346 e. The van der Waals surface area contributed by atoms with E-state index in [2.05, 4.69) is 15.3 Å². The number of aromatic nitrogens is 2. The molecule has 0 unspecified atom stereocenters. The molecule has 1 heterocycles. The quantitative estimate of drug-likeness (QED) is 0.596. The lowest BCUT2D eigenvalue weighted by atomic mass is 10.0. The number of benzene rings is 1. The summed E-state index contributed by atoms with van der Waals surface area (Å²) in [5.41, 5.74) is 1.15. The Labute approximate surface area is 154 Å². The Hall–Kier alpha value is -2.30. The molecule has 1 atom stereocenters. The number of nitrogens with zero attached hydrogens (tertiary/aromatic N) is 2. The molecule has 6 nitrogen and oxygen atoms in total. The summed E-state index contributed by atoms with van der Waals surface area (Å²) in [6.07, 6.45) is 0.726. The molecule has 0 fully saturated rings. The van der Waals surface area contributed by atoms with Gasteiger partial charge in [0.15, 0.2) is 0 Å². The van der Waals surface area contributed by atoms with Gasteiger partial charge in [0.1, 0.15) is 16.7 Å². The second-order valence-corrected chi connectivity index (χ2v) is 6.73. The van der Waals surface area contributed by atoms with Crippen LogP contribution in [0.1, 0.15) is 36.2 Å². The summed E-state index contributed by atoms with van der Waals surface area (Å²) in [5, 5.41) is 13.0. The molecule has 25 heavy (non-hydrogen) atoms. The van der Waals surface area contributed by atoms with E-state index in [-0.39, 0.29) is 28.3 Å². The molecule has 130 valence electrons. The first kappa shape index (κ1) is 19.0. The highest BCUT2D eigenvalue weighted by molar-refractivity contribution is 8.00. The Bertz CT molecular complexity index is 858. The fourth-order valence-electron chi connectivity index (χ4n) is 2.28. The number of halogens is 1. The molecular formula is C17H17ClN4O2S. The van der Waals surface area contributed by atoms with E-state index in [1.165, 1.54) is 0 Å². The standard InChI is InChI=1S/C17H17ClN4O2S/c1-3-14(11-4-6-12(18)7-5-11)21-15(23)9-25-16-13(8-19)10(2)20-17(24)22-16/h4-7,14H,3,9H2,1-2H3,(H,21,23)(H,20,22,24)/t14-/m1/s1. The summed E-state index contributed by atoms with van der Waals surface area (Å²) in [6.45, 7) is 3.60. The van der Waals surface area contributed by atoms with E-state index in [0.29, 0.717) is 10.7 Å². The number of nitrogens with one attached hydrogen (secondary N) is 2. The van der Waals surface area contributed by atoms with Gasteiger partial charge in [-0.1, -0.05) is 42.4 Å². The van der Waals surface area contributed by atoms with Gasteiger partial charge in [-0.3, -0.25) is 4.79 Å². The van der Waals surface area contributed by atoms with Crippen LogP contribution in [0.5, 0.6) is 0 Å². The lowest BCUT2D eigenvalue weighted by Crippen LogP contribution is -2.29. The van der Waals surface area contributed by atoms with Gasteiger partial charge in [0.2, 0.25) is 5.91 Å². The summed E-state index contributed by atoms with van der Waals surface area (Å²) >= 11 is 6.96. The fraction of sp³-hybridized carbons (Fsp3) is 0.294. The van der Waals surface area contributed by atoms with Gasteiger partial charge in [-0.2, -0.15) is 10.2 Å². The van der Waals surface area contributed by atoms with Crippen molar-refractivity contribution in [3.63, 3.8) is 0 Å². The SMILES string of the molecule is CC[C@@H](NC(=O)CSc1nc(=O)[nH]c(C)c1C#N)c1ccc(Cl)cc1. The number of hydrogen-bond donors (Lipinski definition) is 2. The van der Waals surface area contributed by atoms with E-state index in [1.54, 1.807) is 19.1 Å². The number of hydrogen-bond acceptors (Lipinski definition) is 5. The molecule has 2 N–H and O–H groups in total. The summed E-state index contributed by atoms with van der Waals surface area (Å²) < 4.78 is 0. The van der Waals surface area contributed by atoms with E-state index in [4.69, 9.17) is 11.6 Å². The normalized spacial score (nSPS) is 11.6. The topological polar surface area (TPSA) is 98.6 Å². The molecule has 2 rings (SSSR count). The van der Waals surface area contributed by atoms with E-state index in [1.807, 2.05) is 25.1 Å². The average molecular weight is 377 g/mol. The number of H-pyrrole nitrogens is 1. The van der Waals surface area contributed by atoms with Crippen molar-refractivity contribution in [2.75, 3.05) is 5.75 Å². The van der Waals surface area contributed by atoms with Gasteiger partial charge in [0, 0.05) is 10.7 Å². The third kappa shape index (κ3) is 5.08. The molecule has 0 saturated carbocycles. The van der Waals surface area contributed by atoms with Crippen LogP contribution in [-0.4, -0.2) is 21.6 Å². The van der Waals surface area contributed by atoms with Gasteiger partial charge >= 0.3 is 5.69 Å². The third-order valence-electron chi connectivity index (χ3n) is 3.55. The highest BCUT2D eigenvalue weighted by Gasteiger charge is 2.15. The second kappa shape index (κ2) is 8.70. The number of aromatic amines is 1. The number of nitriles is 1. The first-order chi connectivity index (χ1) is 11.9. The minimum Gasteiger partial charge on any atom is -0.349 e. The maximum absolute atomic E-state index is 12.2. The van der Waals surface area contributed by atoms with Crippen LogP contribution < -0.4 is 11.0 Å². The average Bonchev–Trinajstić information content (AvgIpc) is 2.58. The number of thioether (sulfide) groups is 1. The Morgan fingerprint density at radius 1 is 1.44 bits per heavy atom. The number of aryl methyl sites for hydroxylation is 1. The van der Waals surface area contributed by atoms with Crippen molar-refractivity contribution in [3.8, 4) is 6.07 Å². The van der Waals surface area contributed by atoms with Crippen LogP contribution in [0, 0.1) is 18.3 Å². The van der Waals surface area contributed by atoms with Crippen molar-refractivity contribution in [2.24, 2.45) is 0 Å². The van der Waals surface area contributed by atoms with Gasteiger partial charge in [-0.25, -0.2) is 4.79 Å². The van der Waals surface area contributed by atoms with Crippen molar-refractivity contribution >= 4 is 29.3 Å². The monoisotopic (exact) mass is 376 g/mol. The Morgan fingerprint density at radius 2 is 2.12 bits per heavy atom. The predicted molar refractivity (Wildman–Crippen MR) is 97.7 cm³/mol. The summed E-state index contributed by atoms with van der Waals surface area (Å²) in [7, 11) is 0. The van der Waals surface area contributed by atoms with Gasteiger partial charge in [0.05, 0.1) is 11.8 Å². The van der Waals surface area contributed by atoms with Crippen molar-refractivity contribution < 1.29 is 4.79 Å². The molecule has 1 aromatic carbocycles. The highest BCUT2D eigenvalue weighted by atomic mass is 35.5. The Morgan fingerprint density at radius 3 is 2.72 bits per heavy atom. The van der Waals surface area contributed by atoms with Crippen LogP contribution in [0.15, 0.2) is 34.1 Å². The van der Waals surface area contributed by atoms with Crippen molar-refractivity contribution in [3.05, 3.63) is 56.6 Å². The second-order valence-electron chi connectivity index (χ2n) is 5.33. The van der Waals surface area contributed by atoms with Crippen LogP contribution in [0.25, 0.3) is 0 Å². The minimum absolute atomic E-state index is 0.0641. The van der Waals surface area contributed by atoms with E-state index in [9.17, 15) is 14.9 Å². The first-order valence-electron chi connectivity index (χ1n) is 7.63. The molecule has 0 spiro atoms. The molecule has 0 saturated heterocycles. The lowest BCUT2D eigenvalue weighted by molar-refractivity contribution is -0.119. The molecule has 2 aromatic rings. The molecule has 0 aliphatic rings. The smallest absolute Gasteiger partial charge is 0.346 e. The zero-order valence-corrected chi connectivity index (χ0v) is 15.4. The van der Waals surface area contributed by atoms with Crippen LogP contribution in [-0.2, 0) is 4.79 Å². The van der Waals surface area contributed by atoms with E-state index < -0.39 is 5.69 Å². The number of carbonyl (C=O) groups excluding carboxylic acids is 1. The largest absolute Gasteiger partial charge is 0.349 e. The highest BCUT2D eigenvalue weighted by Crippen LogP contribution is 2.22. The van der Waals surface area contributed by atoms with Gasteiger partial charge in [0.25, 0.3) is 0 Å². The Kier molecular flexibility index (Phi) is 6.62. The molecule has 1 aromatic heterocycles. The van der Waals surface area contributed by atoms with Crippen LogP contribution in [0.3, 0.4) is 0 Å². The summed E-state index contributed by atoms with van der Waals surface area (Å²) in [6, 6.07) is 9.18. The molecule has 1 amide bonds. The number of amides is 1. The summed E-state index contributed by atoms with van der Waals surface area (Å²) in [4.78, 5) is 30.0. The molecule has 0 bridgehead atoms. The van der Waals surface area contributed by atoms with Crippen LogP contribution in [0.4, 0.5) is 0 Å². The van der Waals surface area contributed by atoms with Gasteiger partial charge < -0.3 is 10.3 Å². The molecule has 0 radical (unpaired) electrons. The zero-order chi connectivity index (χ0) is 18.4. The minimum atomic E-state index is -0.535. The molecular weight excluding hydrogens is 360 g/mol. The fourth-order valence-corrected chi connectivity index (χ4v) is 3.25. The van der Waals surface area contributed by atoms with Crippen LogP contribution >= 0.6 is 23.4 Å². The number of rotatable bonds is 6. The third-order valence-corrected chi connectivity index (χ3v) is 4.78. The summed E-state index contributed by atoms with van der Waals surface area (Å²) in [5.74, 6) is -0.135. The van der Waals surface area contributed by atoms with Crippen molar-refractivity contribution in [2.45, 2.75) is 31.3 Å². The van der Waals surface area contributed by atoms with E-state index >= 15 is 0 Å². The van der Waals surface area contributed by atoms with Crippen molar-refractivity contribution in [1.29, 1.82) is 5.26 Å². The predicted octanol–water partition coefficient (Wildman–Crippen LogP) is 2.96. The first-order valence-corrected chi connectivity index (χ1v) is 8.99. The van der Waals surface area contributed by atoms with Gasteiger partial charge in [-0.05, 0) is 31.0 Å². The maximum atomic E-state index is 12.2. The molecule has 0 aliphatic heterocycles. The number of carbonyl (C=O) groups is 1. The molecule has 0 aliphatic carbocycles. The van der Waals surface area contributed by atoms with Gasteiger partial charge in [-0.15, -0.1) is 0 Å². The lowest BCUT2D eigenvalue weighted by Gasteiger charge is -2.17. The van der Waals surface area contributed by atoms with E-state index in [0.717, 1.165) is 23.7 Å².